The largest absolute Gasteiger partial charge is 0.399 e. The first kappa shape index (κ1) is 41.4. The molecule has 0 bridgehead atoms. The molecule has 0 aliphatic heterocycles. The number of hydrogen-bond donors (Lipinski definition) is 8. The number of anilines is 4. The number of allylic oxidation sites excluding steroid dienone is 4. The van der Waals surface area contributed by atoms with Gasteiger partial charge in [0.1, 0.15) is 21.2 Å². The maximum absolute atomic E-state index is 13.7. The topological polar surface area (TPSA) is 352 Å². The van der Waals surface area contributed by atoms with Gasteiger partial charge in [-0.1, -0.05) is 0 Å². The van der Waals surface area contributed by atoms with Crippen LogP contribution in [0.5, 0.6) is 0 Å². The Hall–Kier alpha value is -7.22. The van der Waals surface area contributed by atoms with Crippen molar-refractivity contribution in [1.29, 1.82) is 0 Å². The summed E-state index contributed by atoms with van der Waals surface area (Å²) in [4.78, 5) is 36.1. The fourth-order valence-electron chi connectivity index (χ4n) is 5.29. The Morgan fingerprint density at radius 3 is 1.83 bits per heavy atom. The summed E-state index contributed by atoms with van der Waals surface area (Å²) >= 11 is 0. The van der Waals surface area contributed by atoms with Gasteiger partial charge in [0.15, 0.2) is 5.71 Å². The first-order valence-electron chi connectivity index (χ1n) is 16.2. The number of carbonyl (C=O) groups is 3. The molecule has 0 heterocycles. The molecule has 0 saturated carbocycles. The van der Waals surface area contributed by atoms with Crippen molar-refractivity contribution >= 4 is 99.5 Å². The second-order valence-electron chi connectivity index (χ2n) is 12.2. The second kappa shape index (κ2) is 16.0. The molecule has 4 aromatic carbocycles. The maximum atomic E-state index is 13.7. The molecule has 24 heteroatoms. The van der Waals surface area contributed by atoms with Crippen molar-refractivity contribution in [2.45, 2.75) is 9.79 Å². The summed E-state index contributed by atoms with van der Waals surface area (Å²) < 4.78 is 101. The van der Waals surface area contributed by atoms with E-state index in [1.165, 1.54) is 42.5 Å². The molecule has 0 aromatic heterocycles. The SMILES string of the molecule is NC1=CC(=O)C(=NNc2ccc(NC(=O)c3ccc(N=Nc4c(S(=O)(=O)O)cc5c(c4N)C(=O)C(=NNc4ccc(S(=O)(=O)O)cc4)C(S(=O)(=O)O)=C5)cc3)cc2)C=C1. The van der Waals surface area contributed by atoms with E-state index in [1.54, 1.807) is 24.3 Å². The predicted octanol–water partition coefficient (Wildman–Crippen LogP) is 4.07. The molecule has 2 aliphatic rings. The van der Waals surface area contributed by atoms with Crippen LogP contribution in [-0.2, 0) is 35.1 Å². The van der Waals surface area contributed by atoms with Crippen LogP contribution in [0, 0.1) is 0 Å². The summed E-state index contributed by atoms with van der Waals surface area (Å²) in [5.41, 5.74) is 15.1. The highest BCUT2D eigenvalue weighted by Crippen LogP contribution is 2.41. The van der Waals surface area contributed by atoms with Crippen molar-refractivity contribution in [3.8, 4) is 0 Å². The Labute approximate surface area is 333 Å². The summed E-state index contributed by atoms with van der Waals surface area (Å²) in [6.07, 6.45) is 4.92. The highest BCUT2D eigenvalue weighted by molar-refractivity contribution is 7.91. The number of benzene rings is 4. The Morgan fingerprint density at radius 1 is 0.661 bits per heavy atom. The van der Waals surface area contributed by atoms with Crippen molar-refractivity contribution < 1.29 is 53.3 Å². The summed E-state index contributed by atoms with van der Waals surface area (Å²) in [5.74, 6) is -2.14. The van der Waals surface area contributed by atoms with E-state index >= 15 is 0 Å². The van der Waals surface area contributed by atoms with Crippen molar-refractivity contribution in [3.05, 3.63) is 124 Å². The van der Waals surface area contributed by atoms with Crippen LogP contribution in [-0.4, -0.2) is 67.8 Å². The van der Waals surface area contributed by atoms with Gasteiger partial charge < -0.3 is 16.8 Å². The fourth-order valence-corrected chi connectivity index (χ4v) is 7.10. The van der Waals surface area contributed by atoms with Crippen molar-refractivity contribution in [2.75, 3.05) is 21.9 Å². The zero-order chi connectivity index (χ0) is 42.9. The summed E-state index contributed by atoms with van der Waals surface area (Å²) in [7, 11) is -15.0. The molecule has 59 heavy (non-hydrogen) atoms. The number of amides is 1. The minimum absolute atomic E-state index is 0.00244. The summed E-state index contributed by atoms with van der Waals surface area (Å²) in [6, 6.07) is 16.6. The lowest BCUT2D eigenvalue weighted by atomic mass is 9.92. The van der Waals surface area contributed by atoms with Crippen molar-refractivity contribution in [3.63, 3.8) is 0 Å². The van der Waals surface area contributed by atoms with Gasteiger partial charge in [-0.3, -0.25) is 38.9 Å². The van der Waals surface area contributed by atoms with E-state index in [0.29, 0.717) is 29.2 Å². The molecular formula is C35H27N9O12S3. The standard InChI is InChI=1S/C35H27N9O12S3/c36-20-3-14-26(27(45)17-20)42-39-23-8-6-21(7-9-23)38-35(47)18-1-4-22(5-2-18)40-43-32-28(58(51,52)53)15-19-16-29(59(54,55)56)33(34(46)30(19)31(32)37)44-41-24-10-12-25(13-11-24)57(48,49)50/h1-17,39,41H,36-37H2,(H,38,47)(H,48,49,50)(H,51,52,53)(H,54,55,56). The van der Waals surface area contributed by atoms with Crippen LogP contribution in [0.4, 0.5) is 34.1 Å². The molecule has 2 aliphatic carbocycles. The Morgan fingerprint density at radius 2 is 1.25 bits per heavy atom. The minimum atomic E-state index is -5.23. The van der Waals surface area contributed by atoms with Gasteiger partial charge in [0, 0.05) is 23.0 Å². The van der Waals surface area contributed by atoms with Gasteiger partial charge in [-0.25, -0.2) is 0 Å². The molecule has 1 amide bonds. The number of carbonyl (C=O) groups excluding carboxylic acids is 3. The molecule has 0 unspecified atom stereocenters. The lowest BCUT2D eigenvalue weighted by molar-refractivity contribution is -0.108. The average Bonchev–Trinajstić information content (AvgIpc) is 3.16. The Balaban J connectivity index is 1.23. The highest BCUT2D eigenvalue weighted by atomic mass is 32.2. The number of Topliss-reactive ketones (excluding diaryl/α,β-unsaturated/α-hetero) is 1. The number of nitrogens with zero attached hydrogens (tertiary/aromatic N) is 4. The molecule has 4 aromatic rings. The zero-order valence-corrected chi connectivity index (χ0v) is 31.9. The first-order valence-corrected chi connectivity index (χ1v) is 20.6. The molecule has 10 N–H and O–H groups in total. The zero-order valence-electron chi connectivity index (χ0n) is 29.5. The van der Waals surface area contributed by atoms with Crippen LogP contribution < -0.4 is 27.6 Å². The minimum Gasteiger partial charge on any atom is -0.399 e. The van der Waals surface area contributed by atoms with Gasteiger partial charge >= 0.3 is 0 Å². The van der Waals surface area contributed by atoms with Crippen molar-refractivity contribution in [2.24, 2.45) is 26.2 Å². The molecule has 0 radical (unpaired) electrons. The van der Waals surface area contributed by atoms with E-state index in [-0.39, 0.29) is 28.4 Å². The van der Waals surface area contributed by atoms with Gasteiger partial charge in [-0.2, -0.15) is 40.6 Å². The number of nitrogens with two attached hydrogens (primary N) is 2. The first-order chi connectivity index (χ1) is 27.7. The molecular weight excluding hydrogens is 835 g/mol. The third kappa shape index (κ3) is 9.50. The molecule has 0 fully saturated rings. The van der Waals surface area contributed by atoms with Gasteiger partial charge in [-0.05, 0) is 103 Å². The second-order valence-corrected chi connectivity index (χ2v) is 16.4. The van der Waals surface area contributed by atoms with Gasteiger partial charge in [0.05, 0.1) is 33.2 Å². The molecule has 21 nitrogen and oxygen atoms in total. The number of fused-ring (bicyclic) bond motifs is 1. The lowest BCUT2D eigenvalue weighted by Crippen LogP contribution is -2.28. The fraction of sp³-hybridized carbons (Fsp3) is 0. The number of ketones is 2. The quantitative estimate of drug-likeness (QED) is 0.0346. The molecule has 6 rings (SSSR count). The number of nitrogen functional groups attached to an aromatic ring is 1. The van der Waals surface area contributed by atoms with Crippen molar-refractivity contribution in [1.82, 2.24) is 0 Å². The summed E-state index contributed by atoms with van der Waals surface area (Å²) in [5, 5.41) is 18.3. The van der Waals surface area contributed by atoms with E-state index < -0.39 is 85.0 Å². The smallest absolute Gasteiger partial charge is 0.296 e. The van der Waals surface area contributed by atoms with Gasteiger partial charge in [0.25, 0.3) is 36.3 Å². The number of nitrogens with one attached hydrogen (secondary N) is 3. The average molecular weight is 862 g/mol. The normalized spacial score (nSPS) is 15.8. The number of rotatable bonds is 11. The van der Waals surface area contributed by atoms with Crippen LogP contribution >= 0.6 is 0 Å². The third-order valence-electron chi connectivity index (χ3n) is 8.13. The number of azo groups is 1. The monoisotopic (exact) mass is 861 g/mol. The van der Waals surface area contributed by atoms with Gasteiger partial charge in [0.2, 0.25) is 11.6 Å². The third-order valence-corrected chi connectivity index (χ3v) is 10.7. The number of hydrazone groups is 2. The van der Waals surface area contributed by atoms with Crippen LogP contribution in [0.25, 0.3) is 6.08 Å². The van der Waals surface area contributed by atoms with Crippen LogP contribution in [0.2, 0.25) is 0 Å². The highest BCUT2D eigenvalue weighted by Gasteiger charge is 2.37. The molecule has 0 saturated heterocycles. The van der Waals surface area contributed by atoms with Crippen LogP contribution in [0.15, 0.2) is 138 Å². The van der Waals surface area contributed by atoms with E-state index in [9.17, 15) is 53.3 Å². The molecule has 0 spiro atoms. The van der Waals surface area contributed by atoms with Gasteiger partial charge in [-0.15, -0.1) is 5.11 Å². The maximum Gasteiger partial charge on any atom is 0.296 e. The predicted molar refractivity (Wildman–Crippen MR) is 214 cm³/mol. The Kier molecular flexibility index (Phi) is 11.2. The Bertz CT molecular complexity index is 2980. The van der Waals surface area contributed by atoms with E-state index in [0.717, 1.165) is 24.3 Å². The van der Waals surface area contributed by atoms with E-state index in [1.807, 2.05) is 0 Å². The summed E-state index contributed by atoms with van der Waals surface area (Å²) in [6.45, 7) is 0. The molecule has 0 atom stereocenters. The van der Waals surface area contributed by atoms with E-state index in [4.69, 9.17) is 11.5 Å². The number of hydrogen-bond acceptors (Lipinski definition) is 17. The van der Waals surface area contributed by atoms with E-state index in [2.05, 4.69) is 36.6 Å². The van der Waals surface area contributed by atoms with Crippen LogP contribution in [0.1, 0.15) is 26.3 Å². The van der Waals surface area contributed by atoms with Crippen LogP contribution in [0.3, 0.4) is 0 Å². The lowest BCUT2D eigenvalue weighted by Gasteiger charge is -2.20. The molecule has 302 valence electrons.